The average molecular weight is 464 g/mol. The van der Waals surface area contributed by atoms with E-state index < -0.39 is 17.1 Å². The van der Waals surface area contributed by atoms with E-state index >= 15 is 0 Å². The predicted octanol–water partition coefficient (Wildman–Crippen LogP) is 6.50. The van der Waals surface area contributed by atoms with Crippen molar-refractivity contribution in [2.45, 2.75) is 117 Å². The molecule has 0 aromatic carbocycles. The summed E-state index contributed by atoms with van der Waals surface area (Å²) in [5, 5.41) is 2.97. The van der Waals surface area contributed by atoms with Crippen LogP contribution in [0.25, 0.3) is 0 Å². The maximum atomic E-state index is 12.6. The van der Waals surface area contributed by atoms with Crippen LogP contribution in [0.3, 0.4) is 0 Å². The lowest BCUT2D eigenvalue weighted by Crippen LogP contribution is -2.51. The lowest BCUT2D eigenvalue weighted by molar-refractivity contribution is 0.0367. The molecule has 0 saturated heterocycles. The Morgan fingerprint density at radius 1 is 0.833 bits per heavy atom. The maximum Gasteiger partial charge on any atom is 0.501 e. The smallest absolute Gasteiger partial charge is 0.501 e. The van der Waals surface area contributed by atoms with E-state index in [-0.39, 0.29) is 12.2 Å². The van der Waals surface area contributed by atoms with Gasteiger partial charge in [0.1, 0.15) is 0 Å². The van der Waals surface area contributed by atoms with Crippen molar-refractivity contribution in [3.63, 3.8) is 0 Å². The molecule has 180 valence electrons. The van der Waals surface area contributed by atoms with E-state index in [0.717, 1.165) is 25.3 Å². The van der Waals surface area contributed by atoms with E-state index in [1.54, 1.807) is 0 Å². The third kappa shape index (κ3) is 8.98. The molecule has 0 aliphatic heterocycles. The van der Waals surface area contributed by atoms with E-state index in [0.29, 0.717) is 36.4 Å². The fourth-order valence-corrected chi connectivity index (χ4v) is 12.4. The average Bonchev–Trinajstić information content (AvgIpc) is 2.65. The first kappa shape index (κ1) is 29.6. The molecular formula is C22H49NO5Si2. The van der Waals surface area contributed by atoms with Gasteiger partial charge in [0.15, 0.2) is 0 Å². The second-order valence-corrected chi connectivity index (χ2v) is 17.0. The summed E-state index contributed by atoms with van der Waals surface area (Å²) >= 11 is 0. The summed E-state index contributed by atoms with van der Waals surface area (Å²) in [6, 6.07) is 0.762. The van der Waals surface area contributed by atoms with E-state index in [2.05, 4.69) is 60.7 Å². The fraction of sp³-hybridized carbons (Fsp3) is 0.955. The monoisotopic (exact) mass is 463 g/mol. The molecule has 0 heterocycles. The van der Waals surface area contributed by atoms with Crippen LogP contribution >= 0.6 is 0 Å². The Balaban J connectivity index is 4.74. The van der Waals surface area contributed by atoms with Crippen LogP contribution in [0.2, 0.25) is 22.7 Å². The Morgan fingerprint density at radius 2 is 1.33 bits per heavy atom. The van der Waals surface area contributed by atoms with Crippen molar-refractivity contribution < 1.29 is 22.5 Å². The predicted molar refractivity (Wildman–Crippen MR) is 129 cm³/mol. The van der Waals surface area contributed by atoms with Gasteiger partial charge < -0.3 is 23.0 Å². The number of nitrogens with one attached hydrogen (secondary N) is 1. The summed E-state index contributed by atoms with van der Waals surface area (Å²) in [4.78, 5) is 12.6. The van der Waals surface area contributed by atoms with Gasteiger partial charge in [0.05, 0.1) is 0 Å². The number of carbonyl (C=O) groups excluding carboxylic acids is 1. The van der Waals surface area contributed by atoms with Gasteiger partial charge >= 0.3 is 14.9 Å². The molecule has 0 bridgehead atoms. The van der Waals surface area contributed by atoms with Crippen LogP contribution in [0.1, 0.15) is 88.5 Å². The zero-order valence-corrected chi connectivity index (χ0v) is 23.3. The van der Waals surface area contributed by atoms with Gasteiger partial charge in [-0.3, -0.25) is 0 Å². The first-order chi connectivity index (χ1) is 14.0. The molecule has 0 aliphatic rings. The Morgan fingerprint density at radius 3 is 1.73 bits per heavy atom. The summed E-state index contributed by atoms with van der Waals surface area (Å²) < 4.78 is 24.4. The molecule has 0 rings (SSSR count). The van der Waals surface area contributed by atoms with Crippen molar-refractivity contribution in [3.8, 4) is 0 Å². The molecular weight excluding hydrogens is 414 g/mol. The van der Waals surface area contributed by atoms with Crippen LogP contribution in [0.4, 0.5) is 4.79 Å². The molecule has 1 N–H and O–H groups in total. The molecule has 0 fully saturated rings. The molecule has 6 nitrogen and oxygen atoms in total. The Labute approximate surface area is 188 Å². The standard InChI is InChI=1S/C22H49NO5Si2/c1-11-21(10)27-29(25-12-2,26-13-3)17-15-14-16-23-22(24)28-30(18(4)5,19(6)7)20(8)9/h18-21H,11-17H2,1-10H3,(H,23,24). The van der Waals surface area contributed by atoms with Gasteiger partial charge in [-0.25, -0.2) is 4.79 Å². The summed E-state index contributed by atoms with van der Waals surface area (Å²) in [7, 11) is -4.88. The maximum absolute atomic E-state index is 12.6. The zero-order chi connectivity index (χ0) is 23.4. The topological polar surface area (TPSA) is 66.0 Å². The number of carbonyl (C=O) groups is 1. The zero-order valence-electron chi connectivity index (χ0n) is 21.3. The summed E-state index contributed by atoms with van der Waals surface area (Å²) in [6.07, 6.45) is 2.49. The number of hydrogen-bond donors (Lipinski definition) is 1. The van der Waals surface area contributed by atoms with E-state index in [4.69, 9.17) is 17.7 Å². The van der Waals surface area contributed by atoms with Crippen LogP contribution < -0.4 is 5.32 Å². The third-order valence-electron chi connectivity index (χ3n) is 5.84. The first-order valence-electron chi connectivity index (χ1n) is 11.9. The molecule has 0 saturated carbocycles. The highest BCUT2D eigenvalue weighted by atomic mass is 28.4. The largest absolute Gasteiger partial charge is 0.503 e. The van der Waals surface area contributed by atoms with Gasteiger partial charge in [-0.05, 0) is 56.7 Å². The van der Waals surface area contributed by atoms with E-state index in [9.17, 15) is 4.79 Å². The van der Waals surface area contributed by atoms with Crippen LogP contribution in [0, 0.1) is 0 Å². The van der Waals surface area contributed by atoms with E-state index in [1.165, 1.54) is 0 Å². The lowest BCUT2D eigenvalue weighted by Gasteiger charge is -2.41. The number of rotatable bonds is 16. The van der Waals surface area contributed by atoms with Gasteiger partial charge in [-0.15, -0.1) is 0 Å². The fourth-order valence-electron chi connectivity index (χ4n) is 4.35. The highest BCUT2D eigenvalue weighted by Crippen LogP contribution is 2.42. The number of amides is 1. The Kier molecular flexibility index (Phi) is 14.4. The Bertz CT molecular complexity index is 447. The molecule has 0 aliphatic carbocycles. The minimum absolute atomic E-state index is 0.115. The summed E-state index contributed by atoms with van der Waals surface area (Å²) in [5.41, 5.74) is 1.14. The van der Waals surface area contributed by atoms with Crippen LogP contribution in [-0.2, 0) is 17.7 Å². The molecule has 0 aromatic rings. The summed E-state index contributed by atoms with van der Waals surface area (Å²) in [5.74, 6) is 0. The molecule has 30 heavy (non-hydrogen) atoms. The summed E-state index contributed by atoms with van der Waals surface area (Å²) in [6.45, 7) is 23.0. The van der Waals surface area contributed by atoms with Crippen molar-refractivity contribution in [2.75, 3.05) is 19.8 Å². The second-order valence-electron chi connectivity index (χ2n) is 8.98. The van der Waals surface area contributed by atoms with Gasteiger partial charge in [0, 0.05) is 31.9 Å². The van der Waals surface area contributed by atoms with Crippen molar-refractivity contribution in [2.24, 2.45) is 0 Å². The minimum Gasteiger partial charge on any atom is -0.503 e. The Hall–Kier alpha value is -0.416. The molecule has 1 amide bonds. The highest BCUT2D eigenvalue weighted by molar-refractivity contribution is 6.78. The van der Waals surface area contributed by atoms with Crippen molar-refractivity contribution >= 4 is 23.2 Å². The normalized spacial score (nSPS) is 13.9. The van der Waals surface area contributed by atoms with Gasteiger partial charge in [0.2, 0.25) is 0 Å². The van der Waals surface area contributed by atoms with E-state index in [1.807, 2.05) is 13.8 Å². The minimum atomic E-state index is -2.68. The number of hydrogen-bond acceptors (Lipinski definition) is 5. The van der Waals surface area contributed by atoms with Crippen LogP contribution in [-0.4, -0.2) is 49.1 Å². The molecule has 1 atom stereocenters. The highest BCUT2D eigenvalue weighted by Gasteiger charge is 2.48. The quantitative estimate of drug-likeness (QED) is 0.209. The van der Waals surface area contributed by atoms with Gasteiger partial charge in [-0.1, -0.05) is 48.5 Å². The SMILES string of the molecule is CCO[Si](CCCCNC(=O)O[Si](C(C)C)(C(C)C)C(C)C)(OCC)OC(C)CC. The second kappa shape index (κ2) is 14.6. The van der Waals surface area contributed by atoms with Crippen molar-refractivity contribution in [1.29, 1.82) is 0 Å². The molecule has 1 unspecified atom stereocenters. The lowest BCUT2D eigenvalue weighted by atomic mass is 10.3. The third-order valence-corrected chi connectivity index (χ3v) is 15.0. The van der Waals surface area contributed by atoms with Crippen LogP contribution in [0.15, 0.2) is 0 Å². The van der Waals surface area contributed by atoms with Crippen LogP contribution in [0.5, 0.6) is 0 Å². The molecule has 8 heteroatoms. The van der Waals surface area contributed by atoms with Gasteiger partial charge in [0.25, 0.3) is 8.32 Å². The first-order valence-corrected chi connectivity index (χ1v) is 16.0. The van der Waals surface area contributed by atoms with Crippen molar-refractivity contribution in [1.82, 2.24) is 5.32 Å². The van der Waals surface area contributed by atoms with Crippen molar-refractivity contribution in [3.05, 3.63) is 0 Å². The molecule has 0 radical (unpaired) electrons. The molecule has 0 spiro atoms. The molecule has 0 aromatic heterocycles. The number of unbranched alkanes of at least 4 members (excludes halogenated alkanes) is 1. The van der Waals surface area contributed by atoms with Gasteiger partial charge in [-0.2, -0.15) is 0 Å².